The molecule has 9 heteroatoms. The van der Waals surface area contributed by atoms with Crippen molar-refractivity contribution in [2.75, 3.05) is 39.8 Å². The topological polar surface area (TPSA) is 92.9 Å². The summed E-state index contributed by atoms with van der Waals surface area (Å²) < 4.78 is 32.1. The zero-order chi connectivity index (χ0) is 18.6. The number of methoxy groups -OCH3 is 1. The maximum absolute atomic E-state index is 12.9. The second kappa shape index (κ2) is 9.55. The van der Waals surface area contributed by atoms with Crippen LogP contribution >= 0.6 is 12.4 Å². The summed E-state index contributed by atoms with van der Waals surface area (Å²) in [4.78, 5) is 14.7. The lowest BCUT2D eigenvalue weighted by Crippen LogP contribution is -2.32. The molecule has 1 heterocycles. The molecular formula is C17H28ClN3O4S. The minimum absolute atomic E-state index is 0. The number of rotatable bonds is 7. The van der Waals surface area contributed by atoms with Crippen LogP contribution in [-0.2, 0) is 10.0 Å². The summed E-state index contributed by atoms with van der Waals surface area (Å²) in [6.07, 6.45) is 0.863. The van der Waals surface area contributed by atoms with Gasteiger partial charge in [0.05, 0.1) is 17.6 Å². The quantitative estimate of drug-likeness (QED) is 0.743. The smallest absolute Gasteiger partial charge is 0.257 e. The Hall–Kier alpha value is -1.35. The number of carbonyl (C=O) groups is 1. The van der Waals surface area contributed by atoms with Gasteiger partial charge in [0.25, 0.3) is 5.91 Å². The Kier molecular flexibility index (Phi) is 8.33. The van der Waals surface area contributed by atoms with E-state index in [2.05, 4.69) is 0 Å². The Balaban J connectivity index is 0.00000338. The van der Waals surface area contributed by atoms with E-state index in [9.17, 15) is 13.2 Å². The molecule has 1 aromatic rings. The Bertz CT molecular complexity index is 723. The highest BCUT2D eigenvalue weighted by atomic mass is 35.5. The first-order chi connectivity index (χ1) is 11.9. The van der Waals surface area contributed by atoms with Crippen molar-refractivity contribution in [1.29, 1.82) is 0 Å². The molecule has 0 bridgehead atoms. The van der Waals surface area contributed by atoms with Crippen molar-refractivity contribution in [2.24, 2.45) is 11.7 Å². The number of benzene rings is 1. The summed E-state index contributed by atoms with van der Waals surface area (Å²) >= 11 is 0. The van der Waals surface area contributed by atoms with Gasteiger partial charge in [-0.15, -0.1) is 12.4 Å². The molecule has 148 valence electrons. The van der Waals surface area contributed by atoms with Crippen LogP contribution in [0.3, 0.4) is 0 Å². The van der Waals surface area contributed by atoms with Crippen molar-refractivity contribution in [2.45, 2.75) is 25.2 Å². The van der Waals surface area contributed by atoms with E-state index in [0.717, 1.165) is 6.42 Å². The number of halogens is 1. The summed E-state index contributed by atoms with van der Waals surface area (Å²) in [6.45, 7) is 6.07. The van der Waals surface area contributed by atoms with Crippen molar-refractivity contribution in [3.05, 3.63) is 23.8 Å². The maximum Gasteiger partial charge on any atom is 0.257 e. The molecule has 1 aliphatic heterocycles. The highest BCUT2D eigenvalue weighted by Gasteiger charge is 2.30. The van der Waals surface area contributed by atoms with Gasteiger partial charge in [0.1, 0.15) is 5.75 Å². The lowest BCUT2D eigenvalue weighted by molar-refractivity contribution is 0.0784. The van der Waals surface area contributed by atoms with E-state index in [1.165, 1.54) is 23.5 Å². The standard InChI is InChI=1S/C17H27N3O4S.ClH/c1-4-20(5-2)25(22,23)14-6-7-16(24-3)15(10-14)17(21)19-9-8-13(11-18)12-19;/h6-7,10,13H,4-5,8-9,11-12,18H2,1-3H3;1H. The van der Waals surface area contributed by atoms with Crippen LogP contribution in [-0.4, -0.2) is 63.4 Å². The number of sulfonamides is 1. The van der Waals surface area contributed by atoms with Crippen LogP contribution in [0.2, 0.25) is 0 Å². The van der Waals surface area contributed by atoms with Gasteiger partial charge >= 0.3 is 0 Å². The summed E-state index contributed by atoms with van der Waals surface area (Å²) in [5.41, 5.74) is 5.96. The molecule has 0 radical (unpaired) electrons. The lowest BCUT2D eigenvalue weighted by Gasteiger charge is -2.21. The number of ether oxygens (including phenoxy) is 1. The second-order valence-corrected chi connectivity index (χ2v) is 8.03. The Morgan fingerprint density at radius 3 is 2.50 bits per heavy atom. The average molecular weight is 406 g/mol. The number of hydrogen-bond donors (Lipinski definition) is 1. The average Bonchev–Trinajstić information content (AvgIpc) is 3.10. The molecule has 0 aliphatic carbocycles. The molecule has 0 aromatic heterocycles. The van der Waals surface area contributed by atoms with E-state index in [-0.39, 0.29) is 34.7 Å². The number of amides is 1. The van der Waals surface area contributed by atoms with E-state index >= 15 is 0 Å². The first-order valence-electron chi connectivity index (χ1n) is 8.56. The number of hydrogen-bond acceptors (Lipinski definition) is 5. The summed E-state index contributed by atoms with van der Waals surface area (Å²) in [5, 5.41) is 0. The molecule has 1 fully saturated rings. The van der Waals surface area contributed by atoms with Gasteiger partial charge in [-0.3, -0.25) is 4.79 Å². The van der Waals surface area contributed by atoms with Gasteiger partial charge in [-0.2, -0.15) is 4.31 Å². The molecular weight excluding hydrogens is 378 g/mol. The fourth-order valence-corrected chi connectivity index (χ4v) is 4.59. The molecule has 2 rings (SSSR count). The highest BCUT2D eigenvalue weighted by molar-refractivity contribution is 7.89. The third kappa shape index (κ3) is 4.49. The van der Waals surface area contributed by atoms with E-state index in [1.54, 1.807) is 24.8 Å². The van der Waals surface area contributed by atoms with Crippen LogP contribution < -0.4 is 10.5 Å². The predicted molar refractivity (Wildman–Crippen MR) is 103 cm³/mol. The van der Waals surface area contributed by atoms with Gasteiger partial charge < -0.3 is 15.4 Å². The monoisotopic (exact) mass is 405 g/mol. The lowest BCUT2D eigenvalue weighted by atomic mass is 10.1. The molecule has 0 spiro atoms. The molecule has 1 aromatic carbocycles. The predicted octanol–water partition coefficient (Wildman–Crippen LogP) is 1.57. The van der Waals surface area contributed by atoms with Crippen LogP contribution in [0.25, 0.3) is 0 Å². The van der Waals surface area contributed by atoms with Crippen molar-refractivity contribution >= 4 is 28.3 Å². The fraction of sp³-hybridized carbons (Fsp3) is 0.588. The van der Waals surface area contributed by atoms with Gasteiger partial charge in [-0.25, -0.2) is 8.42 Å². The zero-order valence-corrected chi connectivity index (χ0v) is 17.1. The first kappa shape index (κ1) is 22.7. The van der Waals surface area contributed by atoms with Crippen LogP contribution in [0, 0.1) is 5.92 Å². The van der Waals surface area contributed by atoms with Gasteiger partial charge in [-0.1, -0.05) is 13.8 Å². The maximum atomic E-state index is 12.9. The number of likely N-dealkylation sites (tertiary alicyclic amines) is 1. The largest absolute Gasteiger partial charge is 0.496 e. The zero-order valence-electron chi connectivity index (χ0n) is 15.5. The van der Waals surface area contributed by atoms with Crippen molar-refractivity contribution in [3.63, 3.8) is 0 Å². The van der Waals surface area contributed by atoms with Gasteiger partial charge in [-0.05, 0) is 37.1 Å². The molecule has 1 atom stereocenters. The van der Waals surface area contributed by atoms with Crippen molar-refractivity contribution in [3.8, 4) is 5.75 Å². The third-order valence-electron chi connectivity index (χ3n) is 4.65. The van der Waals surface area contributed by atoms with Crippen molar-refractivity contribution in [1.82, 2.24) is 9.21 Å². The number of nitrogens with zero attached hydrogens (tertiary/aromatic N) is 2. The molecule has 1 amide bonds. The van der Waals surface area contributed by atoms with E-state index in [1.807, 2.05) is 0 Å². The minimum Gasteiger partial charge on any atom is -0.496 e. The van der Waals surface area contributed by atoms with E-state index in [0.29, 0.717) is 38.5 Å². The molecule has 2 N–H and O–H groups in total. The third-order valence-corrected chi connectivity index (χ3v) is 6.70. The minimum atomic E-state index is -3.63. The van der Waals surface area contributed by atoms with Gasteiger partial charge in [0.2, 0.25) is 10.0 Å². The fourth-order valence-electron chi connectivity index (χ4n) is 3.11. The first-order valence-corrected chi connectivity index (χ1v) is 10.0. The molecule has 26 heavy (non-hydrogen) atoms. The number of carbonyl (C=O) groups excluding carboxylic acids is 1. The van der Waals surface area contributed by atoms with Crippen LogP contribution in [0.15, 0.2) is 23.1 Å². The SMILES string of the molecule is CCN(CC)S(=O)(=O)c1ccc(OC)c(C(=O)N2CCC(CN)C2)c1.Cl. The van der Waals surface area contributed by atoms with Gasteiger partial charge in [0.15, 0.2) is 0 Å². The molecule has 7 nitrogen and oxygen atoms in total. The Morgan fingerprint density at radius 1 is 1.35 bits per heavy atom. The van der Waals surface area contributed by atoms with E-state index in [4.69, 9.17) is 10.5 Å². The van der Waals surface area contributed by atoms with Crippen molar-refractivity contribution < 1.29 is 17.9 Å². The molecule has 1 unspecified atom stereocenters. The Morgan fingerprint density at radius 2 is 2.00 bits per heavy atom. The van der Waals surface area contributed by atoms with Crippen LogP contribution in [0.5, 0.6) is 5.75 Å². The molecule has 1 aliphatic rings. The van der Waals surface area contributed by atoms with E-state index < -0.39 is 10.0 Å². The summed E-state index contributed by atoms with van der Waals surface area (Å²) in [6, 6.07) is 4.45. The molecule has 1 saturated heterocycles. The Labute approximate surface area is 161 Å². The normalized spacial score (nSPS) is 17.3. The number of nitrogens with two attached hydrogens (primary N) is 1. The van der Waals surface area contributed by atoms with Crippen LogP contribution in [0.1, 0.15) is 30.6 Å². The second-order valence-electron chi connectivity index (χ2n) is 6.09. The molecule has 0 saturated carbocycles. The van der Waals surface area contributed by atoms with Crippen LogP contribution in [0.4, 0.5) is 0 Å². The highest BCUT2D eigenvalue weighted by Crippen LogP contribution is 2.27. The summed E-state index contributed by atoms with van der Waals surface area (Å²) in [7, 11) is -2.16. The van der Waals surface area contributed by atoms with Gasteiger partial charge in [0, 0.05) is 26.2 Å². The summed E-state index contributed by atoms with van der Waals surface area (Å²) in [5.74, 6) is 0.446.